The van der Waals surface area contributed by atoms with Gasteiger partial charge >= 0.3 is 5.97 Å². The fourth-order valence-electron chi connectivity index (χ4n) is 1.23. The Morgan fingerprint density at radius 3 is 2.67 bits per heavy atom. The van der Waals surface area contributed by atoms with Crippen molar-refractivity contribution in [1.82, 2.24) is 4.90 Å². The van der Waals surface area contributed by atoms with Gasteiger partial charge in [-0.3, -0.25) is 9.69 Å². The number of carboxylic acid groups (broad SMARTS) is 1. The van der Waals surface area contributed by atoms with Gasteiger partial charge < -0.3 is 9.52 Å². The van der Waals surface area contributed by atoms with E-state index in [0.717, 1.165) is 5.76 Å². The van der Waals surface area contributed by atoms with Crippen molar-refractivity contribution in [1.29, 1.82) is 0 Å². The zero-order chi connectivity index (χ0) is 11.4. The van der Waals surface area contributed by atoms with Crippen LogP contribution in [0.5, 0.6) is 0 Å². The molecule has 0 amide bonds. The van der Waals surface area contributed by atoms with Crippen LogP contribution in [0.15, 0.2) is 21.2 Å². The summed E-state index contributed by atoms with van der Waals surface area (Å²) in [6.07, 6.45) is 0. The number of aliphatic carboxylic acids is 1. The monoisotopic (exact) mass is 275 g/mol. The predicted molar refractivity (Wildman–Crippen MR) is 59.6 cm³/mol. The molecular formula is C10H14BrNO3. The first-order valence-corrected chi connectivity index (χ1v) is 5.48. The molecule has 0 radical (unpaired) electrons. The molecule has 84 valence electrons. The largest absolute Gasteiger partial charge is 0.480 e. The molecule has 0 aromatic carbocycles. The molecule has 4 nitrogen and oxygen atoms in total. The van der Waals surface area contributed by atoms with Crippen molar-refractivity contribution >= 4 is 21.9 Å². The van der Waals surface area contributed by atoms with Crippen molar-refractivity contribution < 1.29 is 14.3 Å². The molecule has 1 heterocycles. The zero-order valence-corrected chi connectivity index (χ0v) is 10.3. The van der Waals surface area contributed by atoms with Gasteiger partial charge in [-0.2, -0.15) is 0 Å². The summed E-state index contributed by atoms with van der Waals surface area (Å²) in [4.78, 5) is 12.5. The molecule has 1 aromatic heterocycles. The van der Waals surface area contributed by atoms with E-state index >= 15 is 0 Å². The minimum atomic E-state index is -0.825. The van der Waals surface area contributed by atoms with Crippen LogP contribution in [0.2, 0.25) is 0 Å². The molecule has 5 heteroatoms. The summed E-state index contributed by atoms with van der Waals surface area (Å²) >= 11 is 3.21. The van der Waals surface area contributed by atoms with Crippen molar-refractivity contribution in [3.63, 3.8) is 0 Å². The Morgan fingerprint density at radius 2 is 2.27 bits per heavy atom. The first kappa shape index (κ1) is 12.3. The maximum absolute atomic E-state index is 10.6. The molecule has 0 atom stereocenters. The topological polar surface area (TPSA) is 53.7 Å². The minimum Gasteiger partial charge on any atom is -0.480 e. The number of rotatable bonds is 5. The number of furan rings is 1. The molecule has 0 aliphatic rings. The van der Waals surface area contributed by atoms with E-state index in [1.807, 2.05) is 24.8 Å². The number of halogens is 1. The highest BCUT2D eigenvalue weighted by Crippen LogP contribution is 2.16. The summed E-state index contributed by atoms with van der Waals surface area (Å²) in [5, 5.41) is 8.73. The van der Waals surface area contributed by atoms with Crippen molar-refractivity contribution in [2.75, 3.05) is 6.54 Å². The Kier molecular flexibility index (Phi) is 4.35. The van der Waals surface area contributed by atoms with Gasteiger partial charge in [0.1, 0.15) is 5.76 Å². The lowest BCUT2D eigenvalue weighted by Crippen LogP contribution is -2.34. The van der Waals surface area contributed by atoms with Crippen LogP contribution in [0.1, 0.15) is 19.6 Å². The van der Waals surface area contributed by atoms with Gasteiger partial charge in [0.25, 0.3) is 0 Å². The van der Waals surface area contributed by atoms with Gasteiger partial charge in [0.2, 0.25) is 0 Å². The number of carboxylic acids is 1. The first-order chi connectivity index (χ1) is 6.99. The average Bonchev–Trinajstić information content (AvgIpc) is 2.49. The summed E-state index contributed by atoms with van der Waals surface area (Å²) in [7, 11) is 0. The molecule has 0 saturated carbocycles. The molecule has 1 N–H and O–H groups in total. The standard InChI is InChI=1S/C10H14BrNO3/c1-7(2)12(6-10(13)14)5-8-3-4-9(11)15-8/h3-4,7H,5-6H2,1-2H3,(H,13,14). The zero-order valence-electron chi connectivity index (χ0n) is 8.74. The highest BCUT2D eigenvalue weighted by Gasteiger charge is 2.15. The van der Waals surface area contributed by atoms with Gasteiger partial charge in [0.15, 0.2) is 4.67 Å². The third-order valence-corrected chi connectivity index (χ3v) is 2.48. The number of nitrogens with zero attached hydrogens (tertiary/aromatic N) is 1. The molecule has 0 saturated heterocycles. The summed E-state index contributed by atoms with van der Waals surface area (Å²) in [5.41, 5.74) is 0. The Hall–Kier alpha value is -0.810. The van der Waals surface area contributed by atoms with E-state index in [1.165, 1.54) is 0 Å². The van der Waals surface area contributed by atoms with E-state index in [1.54, 1.807) is 6.07 Å². The molecule has 0 aliphatic carbocycles. The summed E-state index contributed by atoms with van der Waals surface area (Å²) in [5.74, 6) is -0.0638. The van der Waals surface area contributed by atoms with Gasteiger partial charge in [0, 0.05) is 6.04 Å². The molecule has 0 fully saturated rings. The van der Waals surface area contributed by atoms with Crippen LogP contribution in [0, 0.1) is 0 Å². The van der Waals surface area contributed by atoms with Gasteiger partial charge in [-0.15, -0.1) is 0 Å². The molecule has 0 spiro atoms. The van der Waals surface area contributed by atoms with E-state index < -0.39 is 5.97 Å². The van der Waals surface area contributed by atoms with Crippen molar-refractivity contribution in [3.8, 4) is 0 Å². The third-order valence-electron chi connectivity index (χ3n) is 2.06. The lowest BCUT2D eigenvalue weighted by Gasteiger charge is -2.23. The van der Waals surface area contributed by atoms with E-state index in [4.69, 9.17) is 9.52 Å². The second-order valence-corrected chi connectivity index (χ2v) is 4.38. The van der Waals surface area contributed by atoms with E-state index in [9.17, 15) is 4.79 Å². The normalized spacial score (nSPS) is 11.3. The lowest BCUT2D eigenvalue weighted by atomic mass is 10.3. The Balaban J connectivity index is 2.62. The Labute approximate surface area is 97.0 Å². The van der Waals surface area contributed by atoms with Gasteiger partial charge in [0.05, 0.1) is 13.1 Å². The summed E-state index contributed by atoms with van der Waals surface area (Å²) < 4.78 is 5.99. The van der Waals surface area contributed by atoms with Crippen LogP contribution in [-0.4, -0.2) is 28.6 Å². The Morgan fingerprint density at radius 1 is 1.60 bits per heavy atom. The molecule has 15 heavy (non-hydrogen) atoms. The van der Waals surface area contributed by atoms with Crippen LogP contribution in [-0.2, 0) is 11.3 Å². The number of carbonyl (C=O) groups is 1. The van der Waals surface area contributed by atoms with Crippen LogP contribution in [0.4, 0.5) is 0 Å². The quantitative estimate of drug-likeness (QED) is 0.896. The molecular weight excluding hydrogens is 262 g/mol. The number of hydrogen-bond donors (Lipinski definition) is 1. The van der Waals surface area contributed by atoms with Crippen LogP contribution < -0.4 is 0 Å². The SMILES string of the molecule is CC(C)N(CC(=O)O)Cc1ccc(Br)o1. The highest BCUT2D eigenvalue weighted by atomic mass is 79.9. The fourth-order valence-corrected chi connectivity index (χ4v) is 1.57. The predicted octanol–water partition coefficient (Wildman–Crippen LogP) is 2.34. The minimum absolute atomic E-state index is 0.0238. The molecule has 1 aromatic rings. The van der Waals surface area contributed by atoms with Gasteiger partial charge in [-0.05, 0) is 41.9 Å². The maximum atomic E-state index is 10.6. The van der Waals surface area contributed by atoms with Crippen molar-refractivity contribution in [2.24, 2.45) is 0 Å². The van der Waals surface area contributed by atoms with E-state index in [-0.39, 0.29) is 12.6 Å². The van der Waals surface area contributed by atoms with Crippen LogP contribution >= 0.6 is 15.9 Å². The van der Waals surface area contributed by atoms with Crippen molar-refractivity contribution in [3.05, 3.63) is 22.6 Å². The lowest BCUT2D eigenvalue weighted by molar-refractivity contribution is -0.139. The third kappa shape index (κ3) is 4.05. The Bertz CT molecular complexity index is 335. The fraction of sp³-hybridized carbons (Fsp3) is 0.500. The molecule has 0 unspecified atom stereocenters. The van der Waals surface area contributed by atoms with Crippen LogP contribution in [0.25, 0.3) is 0 Å². The van der Waals surface area contributed by atoms with Gasteiger partial charge in [-0.25, -0.2) is 0 Å². The maximum Gasteiger partial charge on any atom is 0.317 e. The van der Waals surface area contributed by atoms with Crippen LogP contribution in [0.3, 0.4) is 0 Å². The van der Waals surface area contributed by atoms with Gasteiger partial charge in [-0.1, -0.05) is 0 Å². The molecule has 0 bridgehead atoms. The average molecular weight is 276 g/mol. The second-order valence-electron chi connectivity index (χ2n) is 3.60. The highest BCUT2D eigenvalue weighted by molar-refractivity contribution is 9.10. The number of hydrogen-bond acceptors (Lipinski definition) is 3. The first-order valence-electron chi connectivity index (χ1n) is 4.69. The van der Waals surface area contributed by atoms with E-state index in [0.29, 0.717) is 11.2 Å². The summed E-state index contributed by atoms with van der Waals surface area (Å²) in [6, 6.07) is 3.81. The van der Waals surface area contributed by atoms with Crippen molar-refractivity contribution in [2.45, 2.75) is 26.4 Å². The smallest absolute Gasteiger partial charge is 0.317 e. The molecule has 0 aliphatic heterocycles. The van der Waals surface area contributed by atoms with E-state index in [2.05, 4.69) is 15.9 Å². The second kappa shape index (κ2) is 5.32. The molecule has 1 rings (SSSR count). The summed E-state index contributed by atoms with van der Waals surface area (Å²) in [6.45, 7) is 4.45.